The zero-order chi connectivity index (χ0) is 13.0. The van der Waals surface area contributed by atoms with Gasteiger partial charge in [-0.25, -0.2) is 0 Å². The molecule has 2 aromatic carbocycles. The van der Waals surface area contributed by atoms with E-state index in [1.165, 1.54) is 5.56 Å². The highest BCUT2D eigenvalue weighted by Crippen LogP contribution is 2.26. The second-order valence-corrected chi connectivity index (χ2v) is 4.60. The van der Waals surface area contributed by atoms with Gasteiger partial charge >= 0.3 is 0 Å². The summed E-state index contributed by atoms with van der Waals surface area (Å²) < 4.78 is 5.89. The number of benzene rings is 2. The van der Waals surface area contributed by atoms with Crippen LogP contribution in [-0.4, -0.2) is 0 Å². The third kappa shape index (κ3) is 3.05. The van der Waals surface area contributed by atoms with Gasteiger partial charge in [0.1, 0.15) is 11.5 Å². The van der Waals surface area contributed by atoms with E-state index in [1.807, 2.05) is 37.3 Å². The quantitative estimate of drug-likeness (QED) is 0.696. The molecule has 0 fully saturated rings. The summed E-state index contributed by atoms with van der Waals surface area (Å²) in [6.07, 6.45) is 1.04. The molecule has 94 valence electrons. The molecule has 0 bridgehead atoms. The number of hydrogen-bond donors (Lipinski definition) is 0. The average Bonchev–Trinajstić information content (AvgIpc) is 2.42. The van der Waals surface area contributed by atoms with Crippen molar-refractivity contribution >= 4 is 11.6 Å². The SMILES string of the molecule is CCc1ccc(Oc2cc(CCl)ccc2C)cc1. The Morgan fingerprint density at radius 2 is 1.67 bits per heavy atom. The molecule has 0 aliphatic carbocycles. The fourth-order valence-electron chi connectivity index (χ4n) is 1.76. The Morgan fingerprint density at radius 1 is 1.00 bits per heavy atom. The van der Waals surface area contributed by atoms with E-state index in [4.69, 9.17) is 16.3 Å². The molecule has 0 saturated heterocycles. The first-order chi connectivity index (χ1) is 8.72. The molecule has 0 aromatic heterocycles. The number of alkyl halides is 1. The lowest BCUT2D eigenvalue weighted by Crippen LogP contribution is -1.90. The summed E-state index contributed by atoms with van der Waals surface area (Å²) in [4.78, 5) is 0. The summed E-state index contributed by atoms with van der Waals surface area (Å²) >= 11 is 5.84. The van der Waals surface area contributed by atoms with Crippen LogP contribution in [0.15, 0.2) is 42.5 Å². The second-order valence-electron chi connectivity index (χ2n) is 4.33. The molecule has 0 heterocycles. The van der Waals surface area contributed by atoms with E-state index < -0.39 is 0 Å². The second kappa shape index (κ2) is 5.92. The first-order valence-corrected chi connectivity index (χ1v) is 6.68. The van der Waals surface area contributed by atoms with Crippen LogP contribution in [0.25, 0.3) is 0 Å². The van der Waals surface area contributed by atoms with Crippen molar-refractivity contribution in [3.63, 3.8) is 0 Å². The summed E-state index contributed by atoms with van der Waals surface area (Å²) in [5, 5.41) is 0. The molecule has 0 amide bonds. The predicted octanol–water partition coefficient (Wildman–Crippen LogP) is 5.09. The maximum Gasteiger partial charge on any atom is 0.130 e. The van der Waals surface area contributed by atoms with Crippen LogP contribution in [0.1, 0.15) is 23.6 Å². The highest BCUT2D eigenvalue weighted by Gasteiger charge is 2.03. The Bertz CT molecular complexity index is 517. The molecule has 2 rings (SSSR count). The maximum atomic E-state index is 5.89. The Hall–Kier alpha value is -1.47. The van der Waals surface area contributed by atoms with Gasteiger partial charge in [-0.2, -0.15) is 0 Å². The van der Waals surface area contributed by atoms with Crippen LogP contribution in [0.3, 0.4) is 0 Å². The first kappa shape index (κ1) is 13.0. The number of halogens is 1. The lowest BCUT2D eigenvalue weighted by molar-refractivity contribution is 0.478. The van der Waals surface area contributed by atoms with Crippen LogP contribution in [0.5, 0.6) is 11.5 Å². The van der Waals surface area contributed by atoms with Crippen molar-refractivity contribution in [2.75, 3.05) is 0 Å². The minimum atomic E-state index is 0.505. The van der Waals surface area contributed by atoms with Crippen molar-refractivity contribution in [2.24, 2.45) is 0 Å². The van der Waals surface area contributed by atoms with Crippen LogP contribution in [0, 0.1) is 6.92 Å². The molecule has 0 aliphatic rings. The minimum absolute atomic E-state index is 0.505. The van der Waals surface area contributed by atoms with Crippen molar-refractivity contribution in [1.82, 2.24) is 0 Å². The van der Waals surface area contributed by atoms with Gasteiger partial charge in [0, 0.05) is 5.88 Å². The van der Waals surface area contributed by atoms with Gasteiger partial charge in [-0.1, -0.05) is 31.2 Å². The Labute approximate surface area is 113 Å². The molecule has 0 saturated carbocycles. The maximum absolute atomic E-state index is 5.89. The molecule has 0 aliphatic heterocycles. The summed E-state index contributed by atoms with van der Waals surface area (Å²) in [5.41, 5.74) is 3.50. The molecule has 0 spiro atoms. The van der Waals surface area contributed by atoms with E-state index in [-0.39, 0.29) is 0 Å². The van der Waals surface area contributed by atoms with E-state index in [0.29, 0.717) is 5.88 Å². The van der Waals surface area contributed by atoms with Crippen LogP contribution in [-0.2, 0) is 12.3 Å². The number of rotatable bonds is 4. The third-order valence-electron chi connectivity index (χ3n) is 2.97. The minimum Gasteiger partial charge on any atom is -0.457 e. The summed E-state index contributed by atoms with van der Waals surface area (Å²) in [6.45, 7) is 4.18. The number of ether oxygens (including phenoxy) is 1. The molecule has 0 unspecified atom stereocenters. The number of aryl methyl sites for hydroxylation is 2. The highest BCUT2D eigenvalue weighted by atomic mass is 35.5. The van der Waals surface area contributed by atoms with Crippen molar-refractivity contribution in [3.05, 3.63) is 59.2 Å². The average molecular weight is 261 g/mol. The Balaban J connectivity index is 2.21. The van der Waals surface area contributed by atoms with Crippen molar-refractivity contribution < 1.29 is 4.74 Å². The topological polar surface area (TPSA) is 9.23 Å². The van der Waals surface area contributed by atoms with E-state index >= 15 is 0 Å². The molecule has 0 atom stereocenters. The zero-order valence-corrected chi connectivity index (χ0v) is 11.5. The summed E-state index contributed by atoms with van der Waals surface area (Å²) in [7, 11) is 0. The molecule has 2 heteroatoms. The van der Waals surface area contributed by atoms with Crippen LogP contribution in [0.4, 0.5) is 0 Å². The molecule has 0 radical (unpaired) electrons. The monoisotopic (exact) mass is 260 g/mol. The van der Waals surface area contributed by atoms with Crippen LogP contribution < -0.4 is 4.74 Å². The van der Waals surface area contributed by atoms with Crippen molar-refractivity contribution in [3.8, 4) is 11.5 Å². The molecule has 18 heavy (non-hydrogen) atoms. The van der Waals surface area contributed by atoms with Gasteiger partial charge in [0.25, 0.3) is 0 Å². The molecule has 2 aromatic rings. The van der Waals surface area contributed by atoms with E-state index in [9.17, 15) is 0 Å². The summed E-state index contributed by atoms with van der Waals surface area (Å²) in [5.74, 6) is 2.24. The molecular formula is C16H17ClO. The van der Waals surface area contributed by atoms with Gasteiger partial charge < -0.3 is 4.74 Å². The lowest BCUT2D eigenvalue weighted by atomic mass is 10.1. The number of hydrogen-bond acceptors (Lipinski definition) is 1. The van der Waals surface area contributed by atoms with E-state index in [2.05, 4.69) is 19.1 Å². The predicted molar refractivity (Wildman–Crippen MR) is 76.6 cm³/mol. The van der Waals surface area contributed by atoms with Gasteiger partial charge in [-0.3, -0.25) is 0 Å². The normalized spacial score (nSPS) is 10.4. The fourth-order valence-corrected chi connectivity index (χ4v) is 1.92. The van der Waals surface area contributed by atoms with Gasteiger partial charge in [0.2, 0.25) is 0 Å². The molecule has 1 nitrogen and oxygen atoms in total. The van der Waals surface area contributed by atoms with E-state index in [1.54, 1.807) is 0 Å². The fraction of sp³-hybridized carbons (Fsp3) is 0.250. The third-order valence-corrected chi connectivity index (χ3v) is 3.27. The van der Waals surface area contributed by atoms with E-state index in [0.717, 1.165) is 29.0 Å². The van der Waals surface area contributed by atoms with Gasteiger partial charge in [0.15, 0.2) is 0 Å². The molecular weight excluding hydrogens is 244 g/mol. The standard InChI is InChI=1S/C16H17ClO/c1-3-13-6-8-15(9-7-13)18-16-10-14(11-17)5-4-12(16)2/h4-10H,3,11H2,1-2H3. The first-order valence-electron chi connectivity index (χ1n) is 6.15. The van der Waals surface area contributed by atoms with Gasteiger partial charge in [0.05, 0.1) is 0 Å². The van der Waals surface area contributed by atoms with Crippen molar-refractivity contribution in [1.29, 1.82) is 0 Å². The summed E-state index contributed by atoms with van der Waals surface area (Å²) in [6, 6.07) is 14.3. The zero-order valence-electron chi connectivity index (χ0n) is 10.7. The largest absolute Gasteiger partial charge is 0.457 e. The Morgan fingerprint density at radius 3 is 2.28 bits per heavy atom. The smallest absolute Gasteiger partial charge is 0.130 e. The Kier molecular flexibility index (Phi) is 4.27. The van der Waals surface area contributed by atoms with Crippen molar-refractivity contribution in [2.45, 2.75) is 26.1 Å². The molecule has 0 N–H and O–H groups in total. The highest BCUT2D eigenvalue weighted by molar-refractivity contribution is 6.17. The van der Waals surface area contributed by atoms with Gasteiger partial charge in [-0.15, -0.1) is 11.6 Å². The van der Waals surface area contributed by atoms with Crippen LogP contribution in [0.2, 0.25) is 0 Å². The van der Waals surface area contributed by atoms with Crippen LogP contribution >= 0.6 is 11.6 Å². The lowest BCUT2D eigenvalue weighted by Gasteiger charge is -2.10. The van der Waals surface area contributed by atoms with Gasteiger partial charge in [-0.05, 0) is 48.2 Å².